The number of hydrogen-bond donors (Lipinski definition) is 4. The van der Waals surface area contributed by atoms with Crippen molar-refractivity contribution in [2.45, 2.75) is 12.5 Å². The number of hydrogen-bond acceptors (Lipinski definition) is 5. The van der Waals surface area contributed by atoms with Crippen LogP contribution in [0.5, 0.6) is 5.75 Å². The molecule has 1 aromatic carbocycles. The van der Waals surface area contributed by atoms with Gasteiger partial charge in [0, 0.05) is 0 Å². The zero-order valence-corrected chi connectivity index (χ0v) is 11.0. The second kappa shape index (κ2) is 7.07. The molecule has 1 aromatic rings. The van der Waals surface area contributed by atoms with Crippen molar-refractivity contribution in [2.75, 3.05) is 0 Å². The molecule has 2 unspecified atom stereocenters. The highest BCUT2D eigenvalue weighted by atomic mass is 16.5. The van der Waals surface area contributed by atoms with Crippen LogP contribution in [-0.4, -0.2) is 50.4 Å². The average molecular weight is 312 g/mol. The number of rotatable bonds is 8. The summed E-state index contributed by atoms with van der Waals surface area (Å²) < 4.78 is 4.97. The Morgan fingerprint density at radius 3 is 2.00 bits per heavy atom. The van der Waals surface area contributed by atoms with Gasteiger partial charge in [-0.1, -0.05) is 12.1 Å². The summed E-state index contributed by atoms with van der Waals surface area (Å²) in [6.45, 7) is 0. The monoisotopic (exact) mass is 312 g/mol. The summed E-state index contributed by atoms with van der Waals surface area (Å²) >= 11 is 0. The first-order valence-electron chi connectivity index (χ1n) is 5.90. The molecular formula is C13H12O9. The molecule has 1 rings (SSSR count). The number of carbonyl (C=O) groups is 4. The minimum absolute atomic E-state index is 0.362. The summed E-state index contributed by atoms with van der Waals surface area (Å²) in [6.07, 6.45) is -3.03. The summed E-state index contributed by atoms with van der Waals surface area (Å²) in [4.78, 5) is 43.9. The zero-order valence-electron chi connectivity index (χ0n) is 11.0. The van der Waals surface area contributed by atoms with E-state index in [0.717, 1.165) is 12.1 Å². The molecule has 4 N–H and O–H groups in total. The molecule has 118 valence electrons. The summed E-state index contributed by atoms with van der Waals surface area (Å²) in [6, 6.07) is 5.04. The van der Waals surface area contributed by atoms with Crippen molar-refractivity contribution < 1.29 is 44.3 Å². The highest BCUT2D eigenvalue weighted by Gasteiger charge is 2.38. The van der Waals surface area contributed by atoms with Crippen LogP contribution in [0.2, 0.25) is 0 Å². The second-order valence-electron chi connectivity index (χ2n) is 4.22. The lowest BCUT2D eigenvalue weighted by Crippen LogP contribution is -2.41. The number of para-hydroxylation sites is 1. The van der Waals surface area contributed by atoms with Gasteiger partial charge in [-0.2, -0.15) is 0 Å². The van der Waals surface area contributed by atoms with Crippen molar-refractivity contribution in [3.63, 3.8) is 0 Å². The number of carboxylic acids is 4. The number of carboxylic acid groups (broad SMARTS) is 4. The fraction of sp³-hybridized carbons (Fsp3) is 0.231. The zero-order chi connectivity index (χ0) is 16.9. The maximum atomic E-state index is 11.2. The lowest BCUT2D eigenvalue weighted by Gasteiger charge is -2.21. The van der Waals surface area contributed by atoms with Crippen molar-refractivity contribution in [1.29, 1.82) is 0 Å². The van der Waals surface area contributed by atoms with E-state index in [9.17, 15) is 19.2 Å². The van der Waals surface area contributed by atoms with Gasteiger partial charge in [0.25, 0.3) is 0 Å². The number of ether oxygens (including phenoxy) is 1. The first-order chi connectivity index (χ1) is 10.2. The summed E-state index contributed by atoms with van der Waals surface area (Å²) in [5, 5.41) is 35.7. The smallest absolute Gasteiger partial charge is 0.345 e. The van der Waals surface area contributed by atoms with E-state index in [1.165, 1.54) is 12.1 Å². The van der Waals surface area contributed by atoms with Gasteiger partial charge in [-0.05, 0) is 12.1 Å². The highest BCUT2D eigenvalue weighted by molar-refractivity contribution is 5.91. The van der Waals surface area contributed by atoms with E-state index in [-0.39, 0.29) is 11.3 Å². The Hall–Kier alpha value is -3.10. The number of aliphatic carboxylic acids is 3. The van der Waals surface area contributed by atoms with Gasteiger partial charge < -0.3 is 25.2 Å². The van der Waals surface area contributed by atoms with E-state index in [1.54, 1.807) is 0 Å². The van der Waals surface area contributed by atoms with E-state index >= 15 is 0 Å². The van der Waals surface area contributed by atoms with Gasteiger partial charge in [0.15, 0.2) is 0 Å². The van der Waals surface area contributed by atoms with Crippen molar-refractivity contribution in [1.82, 2.24) is 0 Å². The van der Waals surface area contributed by atoms with Crippen LogP contribution >= 0.6 is 0 Å². The summed E-state index contributed by atoms with van der Waals surface area (Å²) in [7, 11) is 0. The van der Waals surface area contributed by atoms with Gasteiger partial charge in [-0.25, -0.2) is 9.59 Å². The fourth-order valence-electron chi connectivity index (χ4n) is 1.70. The Labute approximate surface area is 123 Å². The molecule has 0 radical (unpaired) electrons. The maximum Gasteiger partial charge on any atom is 0.345 e. The van der Waals surface area contributed by atoms with Crippen molar-refractivity contribution in [2.24, 2.45) is 5.92 Å². The van der Waals surface area contributed by atoms with Gasteiger partial charge in [0.2, 0.25) is 6.10 Å². The molecule has 0 heterocycles. The van der Waals surface area contributed by atoms with Crippen molar-refractivity contribution in [3.05, 3.63) is 29.8 Å². The number of benzene rings is 1. The Balaban J connectivity index is 3.17. The van der Waals surface area contributed by atoms with Crippen LogP contribution in [0, 0.1) is 5.92 Å². The summed E-state index contributed by atoms with van der Waals surface area (Å²) in [5.74, 6) is -8.55. The lowest BCUT2D eigenvalue weighted by atomic mass is 9.98. The molecule has 9 nitrogen and oxygen atoms in total. The summed E-state index contributed by atoms with van der Waals surface area (Å²) in [5.41, 5.74) is -0.367. The standard InChI is InChI=1S/C13H12O9/c14-9(15)5-7(12(18)19)10(13(20)21)22-8-4-2-1-3-6(8)11(16)17/h1-4,7,10H,5H2,(H,14,15)(H,16,17)(H,18,19)(H,20,21). The fourth-order valence-corrected chi connectivity index (χ4v) is 1.70. The van der Waals surface area contributed by atoms with Crippen LogP contribution in [0.1, 0.15) is 16.8 Å². The molecule has 0 bridgehead atoms. The molecule has 0 aliphatic heterocycles. The second-order valence-corrected chi connectivity index (χ2v) is 4.22. The van der Waals surface area contributed by atoms with Gasteiger partial charge >= 0.3 is 23.9 Å². The predicted molar refractivity (Wildman–Crippen MR) is 68.8 cm³/mol. The van der Waals surface area contributed by atoms with Gasteiger partial charge in [-0.3, -0.25) is 9.59 Å². The van der Waals surface area contributed by atoms with E-state index < -0.39 is 42.3 Å². The molecule has 0 saturated heterocycles. The quantitative estimate of drug-likeness (QED) is 0.532. The largest absolute Gasteiger partial charge is 0.481 e. The van der Waals surface area contributed by atoms with Gasteiger partial charge in [0.05, 0.1) is 6.42 Å². The average Bonchev–Trinajstić information content (AvgIpc) is 2.42. The van der Waals surface area contributed by atoms with Crippen LogP contribution in [0.15, 0.2) is 24.3 Å². The highest BCUT2D eigenvalue weighted by Crippen LogP contribution is 2.23. The van der Waals surface area contributed by atoms with Crippen molar-refractivity contribution in [3.8, 4) is 5.75 Å². The molecule has 0 aromatic heterocycles. The van der Waals surface area contributed by atoms with E-state index in [4.69, 9.17) is 25.2 Å². The Kier molecular flexibility index (Phi) is 5.44. The van der Waals surface area contributed by atoms with Crippen LogP contribution in [-0.2, 0) is 14.4 Å². The first kappa shape index (κ1) is 17.0. The van der Waals surface area contributed by atoms with Crippen LogP contribution in [0.4, 0.5) is 0 Å². The van der Waals surface area contributed by atoms with Crippen LogP contribution < -0.4 is 4.74 Å². The minimum atomic E-state index is -2.05. The van der Waals surface area contributed by atoms with Crippen LogP contribution in [0.3, 0.4) is 0 Å². The molecule has 0 fully saturated rings. The minimum Gasteiger partial charge on any atom is -0.481 e. The van der Waals surface area contributed by atoms with E-state index in [1.807, 2.05) is 0 Å². The molecule has 0 saturated carbocycles. The molecule has 0 aliphatic rings. The Morgan fingerprint density at radius 1 is 0.955 bits per heavy atom. The third-order valence-electron chi connectivity index (χ3n) is 2.69. The van der Waals surface area contributed by atoms with Crippen LogP contribution in [0.25, 0.3) is 0 Å². The van der Waals surface area contributed by atoms with Gasteiger partial charge in [0.1, 0.15) is 17.2 Å². The predicted octanol–water partition coefficient (Wildman–Crippen LogP) is 0.392. The Morgan fingerprint density at radius 2 is 1.55 bits per heavy atom. The molecule has 0 aliphatic carbocycles. The molecule has 2 atom stereocenters. The third kappa shape index (κ3) is 4.20. The molecule has 0 amide bonds. The lowest BCUT2D eigenvalue weighted by molar-refractivity contribution is -0.160. The molecule has 0 spiro atoms. The molecular weight excluding hydrogens is 300 g/mol. The number of aromatic carboxylic acids is 1. The molecule has 9 heteroatoms. The third-order valence-corrected chi connectivity index (χ3v) is 2.69. The van der Waals surface area contributed by atoms with Gasteiger partial charge in [-0.15, -0.1) is 0 Å². The maximum absolute atomic E-state index is 11.2. The topological polar surface area (TPSA) is 158 Å². The molecule has 22 heavy (non-hydrogen) atoms. The SMILES string of the molecule is O=C(O)CC(C(=O)O)C(Oc1ccccc1C(=O)O)C(=O)O. The van der Waals surface area contributed by atoms with Crippen molar-refractivity contribution >= 4 is 23.9 Å². The van der Waals surface area contributed by atoms with E-state index in [0.29, 0.717) is 0 Å². The van der Waals surface area contributed by atoms with E-state index in [2.05, 4.69) is 0 Å². The Bertz CT molecular complexity index is 607. The normalized spacial score (nSPS) is 12.9. The first-order valence-corrected chi connectivity index (χ1v) is 5.90.